The molecule has 0 aliphatic carbocycles. The van der Waals surface area contributed by atoms with Gasteiger partial charge in [-0.1, -0.05) is 26.2 Å². The van der Waals surface area contributed by atoms with Gasteiger partial charge in [0.25, 0.3) is 0 Å². The predicted octanol–water partition coefficient (Wildman–Crippen LogP) is 2.32. The summed E-state index contributed by atoms with van der Waals surface area (Å²) in [5.74, 6) is 0. The average Bonchev–Trinajstić information content (AvgIpc) is 1.97. The Kier molecular flexibility index (Phi) is 5.61. The van der Waals surface area contributed by atoms with Crippen molar-refractivity contribution in [1.29, 1.82) is 0 Å². The van der Waals surface area contributed by atoms with Crippen LogP contribution in [0.2, 0.25) is 0 Å². The van der Waals surface area contributed by atoms with E-state index in [1.165, 1.54) is 12.8 Å². The number of unbranched alkanes of at least 4 members (excludes halogenated alkanes) is 3. The zero-order valence-electron chi connectivity index (χ0n) is 7.34. The van der Waals surface area contributed by atoms with Crippen LogP contribution >= 0.6 is 0 Å². The lowest BCUT2D eigenvalue weighted by molar-refractivity contribution is -0.727. The van der Waals surface area contributed by atoms with E-state index in [-0.39, 0.29) is 4.90 Å². The summed E-state index contributed by atoms with van der Waals surface area (Å²) in [5.41, 5.74) is 0.501. The summed E-state index contributed by atoms with van der Waals surface area (Å²) < 4.78 is 0. The summed E-state index contributed by atoms with van der Waals surface area (Å²) in [6, 6.07) is 0. The van der Waals surface area contributed by atoms with Crippen molar-refractivity contribution in [3.63, 3.8) is 0 Å². The largest absolute Gasteiger partial charge is 0.418 e. The second-order valence-electron chi connectivity index (χ2n) is 2.82. The molecule has 0 radical (unpaired) electrons. The van der Waals surface area contributed by atoms with Crippen LogP contribution in [0.1, 0.15) is 46.0 Å². The van der Waals surface area contributed by atoms with Crippen molar-refractivity contribution < 1.29 is 10.1 Å². The van der Waals surface area contributed by atoms with Gasteiger partial charge in [-0.25, -0.2) is 0 Å². The molecule has 0 aromatic heterocycles. The lowest BCUT2D eigenvalue weighted by atomic mass is 10.1. The van der Waals surface area contributed by atoms with Crippen molar-refractivity contribution >= 4 is 5.71 Å². The van der Waals surface area contributed by atoms with Crippen molar-refractivity contribution in [2.45, 2.75) is 46.0 Å². The summed E-state index contributed by atoms with van der Waals surface area (Å²) in [5, 5.41) is 18.7. The third-order valence-electron chi connectivity index (χ3n) is 1.72. The minimum Gasteiger partial charge on any atom is -0.418 e. The van der Waals surface area contributed by atoms with Gasteiger partial charge in [0.2, 0.25) is 5.71 Å². The Labute approximate surface area is 67.9 Å². The molecule has 1 N–H and O–H groups in total. The average molecular weight is 159 g/mol. The van der Waals surface area contributed by atoms with Gasteiger partial charge in [-0.15, -0.1) is 0 Å². The lowest BCUT2D eigenvalue weighted by Crippen LogP contribution is -2.07. The molecule has 0 rings (SSSR count). The van der Waals surface area contributed by atoms with E-state index >= 15 is 0 Å². The molecule has 0 bridgehead atoms. The zero-order valence-corrected chi connectivity index (χ0v) is 7.34. The highest BCUT2D eigenvalue weighted by Gasteiger charge is 2.01. The van der Waals surface area contributed by atoms with Crippen LogP contribution in [0, 0.1) is 5.21 Å². The Bertz CT molecular complexity index is 128. The maximum atomic E-state index is 10.2. The van der Waals surface area contributed by atoms with Crippen molar-refractivity contribution in [2.24, 2.45) is 0 Å². The number of nitrogens with zero attached hydrogens (tertiary/aromatic N) is 1. The maximum absolute atomic E-state index is 10.2. The van der Waals surface area contributed by atoms with Crippen molar-refractivity contribution in [3.05, 3.63) is 5.21 Å². The van der Waals surface area contributed by atoms with Gasteiger partial charge in [0.1, 0.15) is 0 Å². The Morgan fingerprint density at radius 1 is 1.36 bits per heavy atom. The van der Waals surface area contributed by atoms with Gasteiger partial charge in [0.15, 0.2) is 0 Å². The highest BCUT2D eigenvalue weighted by molar-refractivity contribution is 5.76. The second kappa shape index (κ2) is 6.01. The molecular weight excluding hydrogens is 142 g/mol. The molecule has 0 unspecified atom stereocenters. The summed E-state index contributed by atoms with van der Waals surface area (Å²) in [7, 11) is 0. The fourth-order valence-electron chi connectivity index (χ4n) is 0.903. The quantitative estimate of drug-likeness (QED) is 0.220. The van der Waals surface area contributed by atoms with Gasteiger partial charge in [-0.2, -0.15) is 0 Å². The van der Waals surface area contributed by atoms with E-state index in [0.29, 0.717) is 12.1 Å². The van der Waals surface area contributed by atoms with Crippen LogP contribution in [0.25, 0.3) is 0 Å². The molecule has 0 aromatic rings. The Hall–Kier alpha value is -0.730. The molecule has 11 heavy (non-hydrogen) atoms. The van der Waals surface area contributed by atoms with Crippen LogP contribution in [0.5, 0.6) is 0 Å². The first-order chi connectivity index (χ1) is 5.18. The Balaban J connectivity index is 3.32. The van der Waals surface area contributed by atoms with E-state index in [1.807, 2.05) is 0 Å². The standard InChI is InChI=1S/C8H17NO2/c1-3-4-5-6-7-8(2)9(10)11/h3-7H2,1-2H3,(H,10,11). The predicted molar refractivity (Wildman–Crippen MR) is 44.9 cm³/mol. The Morgan fingerprint density at radius 3 is 2.45 bits per heavy atom. The second-order valence-corrected chi connectivity index (χ2v) is 2.82. The summed E-state index contributed by atoms with van der Waals surface area (Å²) >= 11 is 0. The monoisotopic (exact) mass is 159 g/mol. The number of hydrogen-bond acceptors (Lipinski definition) is 2. The fourth-order valence-corrected chi connectivity index (χ4v) is 0.903. The first-order valence-electron chi connectivity index (χ1n) is 4.17. The molecule has 0 aliphatic rings. The van der Waals surface area contributed by atoms with Crippen molar-refractivity contribution in [2.75, 3.05) is 0 Å². The van der Waals surface area contributed by atoms with Gasteiger partial charge in [-0.05, 0) is 6.42 Å². The molecular formula is C8H17NO2. The molecule has 0 amide bonds. The van der Waals surface area contributed by atoms with Gasteiger partial charge in [0.05, 0.1) is 0 Å². The topological polar surface area (TPSA) is 46.3 Å². The molecule has 0 heterocycles. The lowest BCUT2D eigenvalue weighted by Gasteiger charge is -1.96. The maximum Gasteiger partial charge on any atom is 0.218 e. The van der Waals surface area contributed by atoms with Crippen LogP contribution in [0.15, 0.2) is 0 Å². The first-order valence-corrected chi connectivity index (χ1v) is 4.17. The fraction of sp³-hybridized carbons (Fsp3) is 0.875. The molecule has 0 atom stereocenters. The zero-order chi connectivity index (χ0) is 8.69. The van der Waals surface area contributed by atoms with E-state index in [0.717, 1.165) is 12.8 Å². The van der Waals surface area contributed by atoms with E-state index in [2.05, 4.69) is 6.92 Å². The SMILES string of the molecule is CCCCCCC(C)=[N+]([O-])O. The molecule has 0 aromatic carbocycles. The normalized spacial score (nSPS) is 12.9. The van der Waals surface area contributed by atoms with E-state index in [4.69, 9.17) is 5.21 Å². The van der Waals surface area contributed by atoms with Crippen molar-refractivity contribution in [3.8, 4) is 0 Å². The van der Waals surface area contributed by atoms with Gasteiger partial charge in [0, 0.05) is 18.2 Å². The van der Waals surface area contributed by atoms with Crippen LogP contribution in [-0.2, 0) is 0 Å². The third-order valence-corrected chi connectivity index (χ3v) is 1.72. The number of rotatable bonds is 5. The smallest absolute Gasteiger partial charge is 0.218 e. The third kappa shape index (κ3) is 5.70. The molecule has 0 saturated heterocycles. The number of hydrogen-bond donors (Lipinski definition) is 1. The van der Waals surface area contributed by atoms with E-state index < -0.39 is 0 Å². The van der Waals surface area contributed by atoms with Crippen molar-refractivity contribution in [1.82, 2.24) is 0 Å². The van der Waals surface area contributed by atoms with Crippen LogP contribution in [0.3, 0.4) is 0 Å². The van der Waals surface area contributed by atoms with Crippen LogP contribution < -0.4 is 0 Å². The highest BCUT2D eigenvalue weighted by Crippen LogP contribution is 2.02. The molecule has 3 heteroatoms. The minimum atomic E-state index is -0.0358. The molecule has 0 spiro atoms. The molecule has 0 aliphatic heterocycles. The summed E-state index contributed by atoms with van der Waals surface area (Å²) in [4.78, 5) is -0.0358. The highest BCUT2D eigenvalue weighted by atomic mass is 16.8. The summed E-state index contributed by atoms with van der Waals surface area (Å²) in [6.45, 7) is 3.79. The summed E-state index contributed by atoms with van der Waals surface area (Å²) in [6.07, 6.45) is 5.25. The van der Waals surface area contributed by atoms with Gasteiger partial charge < -0.3 is 5.21 Å². The first kappa shape index (κ1) is 10.3. The van der Waals surface area contributed by atoms with E-state index in [1.54, 1.807) is 6.92 Å². The molecule has 3 nitrogen and oxygen atoms in total. The molecule has 0 fully saturated rings. The van der Waals surface area contributed by atoms with Crippen LogP contribution in [-0.4, -0.2) is 15.8 Å². The molecule has 66 valence electrons. The Morgan fingerprint density at radius 2 is 2.00 bits per heavy atom. The minimum absolute atomic E-state index is 0.0358. The van der Waals surface area contributed by atoms with E-state index in [9.17, 15) is 5.21 Å². The van der Waals surface area contributed by atoms with Gasteiger partial charge >= 0.3 is 0 Å². The van der Waals surface area contributed by atoms with Crippen LogP contribution in [0.4, 0.5) is 0 Å². The van der Waals surface area contributed by atoms with Gasteiger partial charge in [-0.3, -0.25) is 5.21 Å². The molecule has 0 saturated carbocycles.